The highest BCUT2D eigenvalue weighted by Gasteiger charge is 2.22. The van der Waals surface area contributed by atoms with Gasteiger partial charge in [0.1, 0.15) is 0 Å². The largest absolute Gasteiger partial charge is 0.379 e. The summed E-state index contributed by atoms with van der Waals surface area (Å²) in [6.45, 7) is 9.55. The zero-order valence-electron chi connectivity index (χ0n) is 16.4. The molecule has 1 fully saturated rings. The van der Waals surface area contributed by atoms with E-state index < -0.39 is 0 Å². The number of nitrogens with one attached hydrogen (secondary N) is 2. The van der Waals surface area contributed by atoms with Crippen LogP contribution in [0.2, 0.25) is 0 Å². The molecule has 0 aromatic rings. The first-order valence-corrected chi connectivity index (χ1v) is 8.90. The van der Waals surface area contributed by atoms with Gasteiger partial charge in [0.2, 0.25) is 5.91 Å². The molecule has 0 radical (unpaired) electrons. The summed E-state index contributed by atoms with van der Waals surface area (Å²) in [7, 11) is 5.30. The van der Waals surface area contributed by atoms with Gasteiger partial charge in [-0.15, -0.1) is 24.0 Å². The highest BCUT2D eigenvalue weighted by atomic mass is 127. The van der Waals surface area contributed by atoms with Crippen LogP contribution in [-0.2, 0) is 9.53 Å². The molecule has 8 heteroatoms. The molecule has 0 aliphatic carbocycles. The predicted molar refractivity (Wildman–Crippen MR) is 114 cm³/mol. The lowest BCUT2D eigenvalue weighted by Crippen LogP contribution is -2.51. The summed E-state index contributed by atoms with van der Waals surface area (Å²) < 4.78 is 5.46. The lowest BCUT2D eigenvalue weighted by molar-refractivity contribution is -0.128. The molecular formula is C17H36IN5O2. The molecule has 148 valence electrons. The van der Waals surface area contributed by atoms with Crippen molar-refractivity contribution in [1.82, 2.24) is 20.4 Å². The topological polar surface area (TPSA) is 69.2 Å². The van der Waals surface area contributed by atoms with E-state index in [1.165, 1.54) is 0 Å². The first-order chi connectivity index (χ1) is 11.4. The number of carbonyl (C=O) groups is 1. The van der Waals surface area contributed by atoms with Crippen LogP contribution in [0.1, 0.15) is 26.7 Å². The lowest BCUT2D eigenvalue weighted by atomic mass is 10.0. The normalized spacial score (nSPS) is 17.0. The van der Waals surface area contributed by atoms with Gasteiger partial charge in [-0.2, -0.15) is 0 Å². The number of hydrogen-bond acceptors (Lipinski definition) is 4. The molecule has 0 aromatic heterocycles. The summed E-state index contributed by atoms with van der Waals surface area (Å²) in [6.07, 6.45) is 1.61. The van der Waals surface area contributed by atoms with Crippen molar-refractivity contribution < 1.29 is 9.53 Å². The quantitative estimate of drug-likeness (QED) is 0.316. The van der Waals surface area contributed by atoms with Crippen LogP contribution < -0.4 is 10.6 Å². The number of amides is 1. The van der Waals surface area contributed by atoms with Crippen LogP contribution in [0.5, 0.6) is 0 Å². The molecule has 0 spiro atoms. The molecule has 1 unspecified atom stereocenters. The smallest absolute Gasteiger partial charge is 0.223 e. The fourth-order valence-corrected chi connectivity index (χ4v) is 2.79. The Kier molecular flexibility index (Phi) is 13.2. The Morgan fingerprint density at radius 3 is 2.40 bits per heavy atom. The zero-order valence-corrected chi connectivity index (χ0v) is 18.7. The third-order valence-electron chi connectivity index (χ3n) is 4.16. The number of rotatable bonds is 8. The van der Waals surface area contributed by atoms with Gasteiger partial charge in [0.15, 0.2) is 5.96 Å². The molecule has 0 aromatic carbocycles. The second-order valence-electron chi connectivity index (χ2n) is 6.85. The van der Waals surface area contributed by atoms with Gasteiger partial charge >= 0.3 is 0 Å². The van der Waals surface area contributed by atoms with Crippen LogP contribution in [0, 0.1) is 5.92 Å². The first-order valence-electron chi connectivity index (χ1n) is 8.90. The number of hydrogen-bond donors (Lipinski definition) is 2. The average Bonchev–Trinajstić information content (AvgIpc) is 2.56. The van der Waals surface area contributed by atoms with Crippen LogP contribution in [0.25, 0.3) is 0 Å². The highest BCUT2D eigenvalue weighted by molar-refractivity contribution is 14.0. The van der Waals surface area contributed by atoms with Crippen molar-refractivity contribution in [2.75, 3.05) is 60.5 Å². The lowest BCUT2D eigenvalue weighted by Gasteiger charge is -2.35. The molecule has 1 saturated heterocycles. The summed E-state index contributed by atoms with van der Waals surface area (Å²) in [6, 6.07) is 0.468. The van der Waals surface area contributed by atoms with E-state index in [1.54, 1.807) is 26.0 Å². The predicted octanol–water partition coefficient (Wildman–Crippen LogP) is 0.995. The van der Waals surface area contributed by atoms with Crippen LogP contribution in [0.3, 0.4) is 0 Å². The van der Waals surface area contributed by atoms with Crippen molar-refractivity contribution in [2.24, 2.45) is 10.9 Å². The number of guanidine groups is 1. The van der Waals surface area contributed by atoms with Gasteiger partial charge in [-0.05, 0) is 12.3 Å². The minimum atomic E-state index is 0. The standard InChI is InChI=1S/C17H35N5O2.HI/c1-14(2)12-15(22-8-10-24-11-9-22)13-20-17(18-3)19-7-6-16(23)21(4)5;/h14-15H,6-13H2,1-5H3,(H2,18,19,20);1H. The van der Waals surface area contributed by atoms with Crippen LogP contribution in [-0.4, -0.2) is 88.2 Å². The van der Waals surface area contributed by atoms with E-state index in [0.29, 0.717) is 24.9 Å². The Bertz CT molecular complexity index is 398. The molecule has 1 atom stereocenters. The van der Waals surface area contributed by atoms with E-state index in [1.807, 2.05) is 0 Å². The first kappa shape index (κ1) is 24.4. The Labute approximate surface area is 170 Å². The third kappa shape index (κ3) is 10.2. The summed E-state index contributed by atoms with van der Waals surface area (Å²) in [5.41, 5.74) is 0. The monoisotopic (exact) mass is 469 g/mol. The minimum Gasteiger partial charge on any atom is -0.379 e. The maximum Gasteiger partial charge on any atom is 0.223 e. The van der Waals surface area contributed by atoms with E-state index in [0.717, 1.165) is 45.2 Å². The van der Waals surface area contributed by atoms with Gasteiger partial charge in [-0.3, -0.25) is 14.7 Å². The number of nitrogens with zero attached hydrogens (tertiary/aromatic N) is 3. The molecule has 1 rings (SSSR count). The molecule has 2 N–H and O–H groups in total. The SMILES string of the molecule is CN=C(NCCC(=O)N(C)C)NCC(CC(C)C)N1CCOCC1.I. The molecule has 7 nitrogen and oxygen atoms in total. The van der Waals surface area contributed by atoms with Crippen molar-refractivity contribution in [3.63, 3.8) is 0 Å². The second kappa shape index (κ2) is 13.6. The Morgan fingerprint density at radius 2 is 1.88 bits per heavy atom. The van der Waals surface area contributed by atoms with Crippen molar-refractivity contribution in [3.05, 3.63) is 0 Å². The Balaban J connectivity index is 0.00000576. The fourth-order valence-electron chi connectivity index (χ4n) is 2.79. The summed E-state index contributed by atoms with van der Waals surface area (Å²) >= 11 is 0. The van der Waals surface area contributed by atoms with E-state index in [4.69, 9.17) is 4.74 Å². The Morgan fingerprint density at radius 1 is 1.24 bits per heavy atom. The van der Waals surface area contributed by atoms with Gasteiger partial charge in [0.25, 0.3) is 0 Å². The van der Waals surface area contributed by atoms with E-state index in [-0.39, 0.29) is 29.9 Å². The third-order valence-corrected chi connectivity index (χ3v) is 4.16. The van der Waals surface area contributed by atoms with Crippen molar-refractivity contribution in [2.45, 2.75) is 32.7 Å². The number of ether oxygens (including phenoxy) is 1. The molecule has 25 heavy (non-hydrogen) atoms. The molecule has 0 bridgehead atoms. The van der Waals surface area contributed by atoms with E-state index in [2.05, 4.69) is 34.4 Å². The van der Waals surface area contributed by atoms with E-state index >= 15 is 0 Å². The number of halogens is 1. The summed E-state index contributed by atoms with van der Waals surface area (Å²) in [5.74, 6) is 1.51. The second-order valence-corrected chi connectivity index (χ2v) is 6.85. The number of aliphatic imine (C=N–C) groups is 1. The zero-order chi connectivity index (χ0) is 17.9. The van der Waals surface area contributed by atoms with Gasteiger partial charge in [-0.1, -0.05) is 13.8 Å². The van der Waals surface area contributed by atoms with Gasteiger partial charge in [-0.25, -0.2) is 0 Å². The Hall–Kier alpha value is -0.610. The maximum atomic E-state index is 11.6. The molecule has 1 heterocycles. The van der Waals surface area contributed by atoms with Gasteiger partial charge in [0, 0.05) is 59.8 Å². The molecular weight excluding hydrogens is 433 g/mol. The minimum absolute atomic E-state index is 0. The highest BCUT2D eigenvalue weighted by Crippen LogP contribution is 2.12. The molecule has 1 amide bonds. The molecule has 1 aliphatic heterocycles. The van der Waals surface area contributed by atoms with Gasteiger partial charge in [0.05, 0.1) is 13.2 Å². The average molecular weight is 469 g/mol. The fraction of sp³-hybridized carbons (Fsp3) is 0.882. The van der Waals surface area contributed by atoms with Crippen LogP contribution in [0.4, 0.5) is 0 Å². The van der Waals surface area contributed by atoms with Crippen LogP contribution >= 0.6 is 24.0 Å². The van der Waals surface area contributed by atoms with Crippen LogP contribution in [0.15, 0.2) is 4.99 Å². The molecule has 1 aliphatic rings. The number of morpholine rings is 1. The maximum absolute atomic E-state index is 11.6. The summed E-state index contributed by atoms with van der Waals surface area (Å²) in [5, 5.41) is 6.62. The number of carbonyl (C=O) groups excluding carboxylic acids is 1. The van der Waals surface area contributed by atoms with Gasteiger partial charge < -0.3 is 20.3 Å². The van der Waals surface area contributed by atoms with E-state index in [9.17, 15) is 4.79 Å². The van der Waals surface area contributed by atoms with Crippen molar-refractivity contribution in [3.8, 4) is 0 Å². The summed E-state index contributed by atoms with van der Waals surface area (Å²) in [4.78, 5) is 20.0. The molecule has 0 saturated carbocycles. The van der Waals surface area contributed by atoms with Crippen molar-refractivity contribution >= 4 is 35.8 Å². The van der Waals surface area contributed by atoms with Crippen molar-refractivity contribution in [1.29, 1.82) is 0 Å².